The molecule has 0 atom stereocenters. The second-order valence-corrected chi connectivity index (χ2v) is 6.32. The molecule has 7 heteroatoms. The largest absolute Gasteiger partial charge is 0.476 e. The highest BCUT2D eigenvalue weighted by Crippen LogP contribution is 2.25. The first-order valence-corrected chi connectivity index (χ1v) is 8.62. The molecule has 2 N–H and O–H groups in total. The molecule has 2 aromatic rings. The molecule has 24 heavy (non-hydrogen) atoms. The Kier molecular flexibility index (Phi) is 6.74. The lowest BCUT2D eigenvalue weighted by molar-refractivity contribution is 0.0690. The molecule has 0 fully saturated rings. The average Bonchev–Trinajstić information content (AvgIpc) is 2.97. The van der Waals surface area contributed by atoms with E-state index >= 15 is 0 Å². The summed E-state index contributed by atoms with van der Waals surface area (Å²) in [7, 11) is 0. The molecule has 0 unspecified atom stereocenters. The molecule has 0 spiro atoms. The zero-order valence-corrected chi connectivity index (χ0v) is 14.3. The monoisotopic (exact) mass is 348 g/mol. The summed E-state index contributed by atoms with van der Waals surface area (Å²) >= 11 is 1.18. The maximum atomic E-state index is 11.8. The smallest absolute Gasteiger partial charge is 0.413 e. The van der Waals surface area contributed by atoms with Gasteiger partial charge in [0.05, 0.1) is 0 Å². The van der Waals surface area contributed by atoms with Crippen LogP contribution in [0.1, 0.15) is 47.1 Å². The minimum atomic E-state index is -1.08. The Morgan fingerprint density at radius 3 is 2.67 bits per heavy atom. The van der Waals surface area contributed by atoms with Gasteiger partial charge in [0.1, 0.15) is 6.61 Å². The Hall–Kier alpha value is -2.41. The molecular formula is C17H20N2O4S. The highest BCUT2D eigenvalue weighted by Gasteiger charge is 2.18. The number of anilines is 1. The molecule has 0 bridgehead atoms. The number of unbranched alkanes of at least 4 members (excludes halogenated alkanes) is 2. The van der Waals surface area contributed by atoms with Crippen LogP contribution < -0.4 is 5.32 Å². The van der Waals surface area contributed by atoms with Gasteiger partial charge in [-0.05, 0) is 18.4 Å². The number of carbonyl (C=O) groups is 2. The van der Waals surface area contributed by atoms with E-state index in [1.807, 2.05) is 30.3 Å². The number of thiazole rings is 1. The number of aryl methyl sites for hydroxylation is 1. The second kappa shape index (κ2) is 9.02. The van der Waals surface area contributed by atoms with Crippen molar-refractivity contribution in [1.29, 1.82) is 0 Å². The van der Waals surface area contributed by atoms with Gasteiger partial charge in [0.15, 0.2) is 10.8 Å². The van der Waals surface area contributed by atoms with Crippen molar-refractivity contribution in [2.45, 2.75) is 39.2 Å². The van der Waals surface area contributed by atoms with Crippen molar-refractivity contribution in [3.8, 4) is 0 Å². The summed E-state index contributed by atoms with van der Waals surface area (Å²) in [6, 6.07) is 9.31. The molecule has 0 aliphatic rings. The van der Waals surface area contributed by atoms with Crippen molar-refractivity contribution in [3.05, 3.63) is 46.5 Å². The van der Waals surface area contributed by atoms with Crippen LogP contribution in [0, 0.1) is 0 Å². The van der Waals surface area contributed by atoms with Gasteiger partial charge in [-0.3, -0.25) is 5.32 Å². The third-order valence-electron chi connectivity index (χ3n) is 3.33. The lowest BCUT2D eigenvalue weighted by Gasteiger charge is -2.04. The maximum absolute atomic E-state index is 11.8. The molecule has 0 saturated heterocycles. The van der Waals surface area contributed by atoms with Crippen LogP contribution in [0.25, 0.3) is 0 Å². The number of carbonyl (C=O) groups excluding carboxylic acids is 1. The Balaban J connectivity index is 1.94. The van der Waals surface area contributed by atoms with Crippen LogP contribution in [0.15, 0.2) is 30.3 Å². The van der Waals surface area contributed by atoms with Gasteiger partial charge in [0.2, 0.25) is 0 Å². The summed E-state index contributed by atoms with van der Waals surface area (Å²) in [4.78, 5) is 27.8. The first-order chi connectivity index (χ1) is 11.6. The van der Waals surface area contributed by atoms with E-state index in [2.05, 4.69) is 17.2 Å². The second-order valence-electron chi connectivity index (χ2n) is 5.24. The van der Waals surface area contributed by atoms with E-state index < -0.39 is 12.1 Å². The van der Waals surface area contributed by atoms with E-state index in [1.54, 1.807) is 0 Å². The molecule has 2 rings (SSSR count). The van der Waals surface area contributed by atoms with Crippen LogP contribution in [-0.2, 0) is 17.8 Å². The molecule has 6 nitrogen and oxygen atoms in total. The van der Waals surface area contributed by atoms with Crippen molar-refractivity contribution in [3.63, 3.8) is 0 Å². The van der Waals surface area contributed by atoms with E-state index in [0.717, 1.165) is 24.8 Å². The molecule has 1 aromatic carbocycles. The fraction of sp³-hybridized carbons (Fsp3) is 0.353. The van der Waals surface area contributed by atoms with E-state index in [9.17, 15) is 14.7 Å². The lowest BCUT2D eigenvalue weighted by Crippen LogP contribution is -2.13. The van der Waals surface area contributed by atoms with Crippen LogP contribution in [0.3, 0.4) is 0 Å². The predicted molar refractivity (Wildman–Crippen MR) is 92.6 cm³/mol. The summed E-state index contributed by atoms with van der Waals surface area (Å²) in [5, 5.41) is 12.0. The number of rotatable bonds is 8. The number of amides is 1. The van der Waals surface area contributed by atoms with Gasteiger partial charge in [-0.1, -0.05) is 50.1 Å². The molecule has 128 valence electrons. The molecule has 0 radical (unpaired) electrons. The number of carboxylic acid groups (broad SMARTS) is 1. The standard InChI is InChI=1S/C17H20N2O4S/c1-2-3-5-10-13-14(15(20)21)18-16(24-13)19-17(22)23-11-12-8-6-4-7-9-12/h4,6-9H,2-3,5,10-11H2,1H3,(H,20,21)(H,18,19,22). The maximum Gasteiger partial charge on any atom is 0.413 e. The predicted octanol–water partition coefficient (Wildman–Crippen LogP) is 4.32. The van der Waals surface area contributed by atoms with Crippen LogP contribution in [0.4, 0.5) is 9.93 Å². The van der Waals surface area contributed by atoms with Gasteiger partial charge in [0.25, 0.3) is 0 Å². The van der Waals surface area contributed by atoms with Crippen molar-refractivity contribution in [1.82, 2.24) is 4.98 Å². The number of hydrogen-bond donors (Lipinski definition) is 2. The Labute approximate surface area is 144 Å². The third-order valence-corrected chi connectivity index (χ3v) is 4.36. The van der Waals surface area contributed by atoms with E-state index in [-0.39, 0.29) is 17.4 Å². The average molecular weight is 348 g/mol. The number of nitrogens with one attached hydrogen (secondary N) is 1. The molecular weight excluding hydrogens is 328 g/mol. The van der Waals surface area contributed by atoms with Crippen LogP contribution in [-0.4, -0.2) is 22.2 Å². The number of carboxylic acids is 1. The third kappa shape index (κ3) is 5.34. The Bertz CT molecular complexity index is 685. The number of hydrogen-bond acceptors (Lipinski definition) is 5. The van der Waals surface area contributed by atoms with Crippen molar-refractivity contribution < 1.29 is 19.4 Å². The first-order valence-electron chi connectivity index (χ1n) is 7.81. The van der Waals surface area contributed by atoms with Gasteiger partial charge < -0.3 is 9.84 Å². The van der Waals surface area contributed by atoms with E-state index in [4.69, 9.17) is 4.74 Å². The minimum absolute atomic E-state index is 0.00876. The fourth-order valence-electron chi connectivity index (χ4n) is 2.12. The Morgan fingerprint density at radius 2 is 2.00 bits per heavy atom. The zero-order chi connectivity index (χ0) is 17.4. The van der Waals surface area contributed by atoms with Crippen molar-refractivity contribution in [2.24, 2.45) is 0 Å². The summed E-state index contributed by atoms with van der Waals surface area (Å²) in [5.74, 6) is -1.08. The highest BCUT2D eigenvalue weighted by molar-refractivity contribution is 7.16. The lowest BCUT2D eigenvalue weighted by atomic mass is 10.1. The van der Waals surface area contributed by atoms with Crippen LogP contribution in [0.5, 0.6) is 0 Å². The summed E-state index contributed by atoms with van der Waals surface area (Å²) in [5.41, 5.74) is 0.882. The molecule has 0 aliphatic carbocycles. The Morgan fingerprint density at radius 1 is 1.25 bits per heavy atom. The zero-order valence-electron chi connectivity index (χ0n) is 13.4. The summed E-state index contributed by atoms with van der Waals surface area (Å²) in [6.07, 6.45) is 2.98. The SMILES string of the molecule is CCCCCc1sc(NC(=O)OCc2ccccc2)nc1C(=O)O. The number of aromatic nitrogens is 1. The molecule has 0 saturated carbocycles. The minimum Gasteiger partial charge on any atom is -0.476 e. The van der Waals surface area contributed by atoms with Gasteiger partial charge in [-0.25, -0.2) is 14.6 Å². The van der Waals surface area contributed by atoms with Gasteiger partial charge in [-0.2, -0.15) is 0 Å². The molecule has 1 heterocycles. The number of aromatic carboxylic acids is 1. The summed E-state index contributed by atoms with van der Waals surface area (Å²) in [6.45, 7) is 2.23. The van der Waals surface area contributed by atoms with E-state index in [1.165, 1.54) is 11.3 Å². The van der Waals surface area contributed by atoms with Crippen LogP contribution in [0.2, 0.25) is 0 Å². The number of ether oxygens (including phenoxy) is 1. The fourth-order valence-corrected chi connectivity index (χ4v) is 3.10. The normalized spacial score (nSPS) is 10.4. The highest BCUT2D eigenvalue weighted by atomic mass is 32.1. The first kappa shape index (κ1) is 17.9. The van der Waals surface area contributed by atoms with Crippen LogP contribution >= 0.6 is 11.3 Å². The topological polar surface area (TPSA) is 88.5 Å². The number of benzene rings is 1. The number of nitrogens with zero attached hydrogens (tertiary/aromatic N) is 1. The molecule has 1 aromatic heterocycles. The van der Waals surface area contributed by atoms with Crippen molar-refractivity contribution >= 4 is 28.5 Å². The van der Waals surface area contributed by atoms with Gasteiger partial charge in [0, 0.05) is 4.88 Å². The van der Waals surface area contributed by atoms with Gasteiger partial charge in [-0.15, -0.1) is 11.3 Å². The van der Waals surface area contributed by atoms with Gasteiger partial charge >= 0.3 is 12.1 Å². The molecule has 0 aliphatic heterocycles. The van der Waals surface area contributed by atoms with Crippen molar-refractivity contribution in [2.75, 3.05) is 5.32 Å². The quantitative estimate of drug-likeness (QED) is 0.694. The summed E-state index contributed by atoms with van der Waals surface area (Å²) < 4.78 is 5.11. The molecule has 1 amide bonds. The van der Waals surface area contributed by atoms with E-state index in [0.29, 0.717) is 11.3 Å².